The summed E-state index contributed by atoms with van der Waals surface area (Å²) in [5.74, 6) is -0.916. The van der Waals surface area contributed by atoms with E-state index in [0.717, 1.165) is 17.1 Å². The monoisotopic (exact) mass is 499 g/mol. The number of para-hydroxylation sites is 1. The van der Waals surface area contributed by atoms with Crippen LogP contribution in [0.3, 0.4) is 0 Å². The van der Waals surface area contributed by atoms with Gasteiger partial charge >= 0.3 is 0 Å². The fraction of sp³-hybridized carbons (Fsp3) is 0.200. The lowest BCUT2D eigenvalue weighted by Gasteiger charge is -2.24. The fourth-order valence-corrected chi connectivity index (χ4v) is 4.87. The number of nitrogens with zero attached hydrogens (tertiary/aromatic N) is 1. The first-order valence-corrected chi connectivity index (χ1v) is 12.6. The highest BCUT2D eigenvalue weighted by Crippen LogP contribution is 2.26. The van der Waals surface area contributed by atoms with Gasteiger partial charge in [0, 0.05) is 11.6 Å². The molecule has 178 valence electrons. The molecule has 2 N–H and O–H groups in total. The van der Waals surface area contributed by atoms with Gasteiger partial charge in [-0.3, -0.25) is 13.9 Å². The molecule has 9 heteroatoms. The highest BCUT2D eigenvalue weighted by atomic mass is 35.5. The van der Waals surface area contributed by atoms with Crippen LogP contribution in [-0.4, -0.2) is 33.3 Å². The van der Waals surface area contributed by atoms with Crippen molar-refractivity contribution in [2.75, 3.05) is 22.7 Å². The van der Waals surface area contributed by atoms with Gasteiger partial charge in [0.15, 0.2) is 0 Å². The van der Waals surface area contributed by atoms with E-state index in [9.17, 15) is 18.0 Å². The topological polar surface area (TPSA) is 95.6 Å². The molecule has 0 aliphatic heterocycles. The number of anilines is 2. The third-order valence-corrected chi connectivity index (χ3v) is 7.00. The molecule has 0 radical (unpaired) electrons. The van der Waals surface area contributed by atoms with Crippen LogP contribution < -0.4 is 14.9 Å². The zero-order valence-electron chi connectivity index (χ0n) is 18.7. The zero-order chi connectivity index (χ0) is 24.6. The molecule has 3 rings (SSSR count). The van der Waals surface area contributed by atoms with Crippen LogP contribution in [0.5, 0.6) is 0 Å². The van der Waals surface area contributed by atoms with Crippen molar-refractivity contribution in [3.05, 3.63) is 89.4 Å². The van der Waals surface area contributed by atoms with Crippen molar-refractivity contribution in [1.82, 2.24) is 5.32 Å². The predicted octanol–water partition coefficient (Wildman–Crippen LogP) is 4.70. The number of rotatable bonds is 10. The van der Waals surface area contributed by atoms with E-state index in [-0.39, 0.29) is 16.5 Å². The number of carbonyl (C=O) groups is 2. The average molecular weight is 500 g/mol. The Bertz CT molecular complexity index is 1250. The van der Waals surface area contributed by atoms with Gasteiger partial charge in [-0.15, -0.1) is 0 Å². The van der Waals surface area contributed by atoms with E-state index in [0.29, 0.717) is 22.8 Å². The number of hydrogen-bond donors (Lipinski definition) is 2. The van der Waals surface area contributed by atoms with Crippen LogP contribution >= 0.6 is 11.6 Å². The minimum atomic E-state index is -4.07. The summed E-state index contributed by atoms with van der Waals surface area (Å²) in [4.78, 5) is 25.6. The van der Waals surface area contributed by atoms with E-state index in [4.69, 9.17) is 11.6 Å². The quantitative estimate of drug-likeness (QED) is 0.395. The predicted molar refractivity (Wildman–Crippen MR) is 135 cm³/mol. The van der Waals surface area contributed by atoms with E-state index in [1.165, 1.54) is 18.2 Å². The van der Waals surface area contributed by atoms with Gasteiger partial charge < -0.3 is 10.6 Å². The van der Waals surface area contributed by atoms with Crippen molar-refractivity contribution in [2.24, 2.45) is 0 Å². The molecule has 0 unspecified atom stereocenters. The normalized spacial score (nSPS) is 11.0. The van der Waals surface area contributed by atoms with Gasteiger partial charge in [-0.25, -0.2) is 8.42 Å². The lowest BCUT2D eigenvalue weighted by molar-refractivity contribution is -0.114. The third kappa shape index (κ3) is 6.36. The minimum Gasteiger partial charge on any atom is -0.352 e. The zero-order valence-corrected chi connectivity index (χ0v) is 20.3. The van der Waals surface area contributed by atoms with Gasteiger partial charge in [-0.2, -0.15) is 0 Å². The average Bonchev–Trinajstić information content (AvgIpc) is 2.83. The molecule has 34 heavy (non-hydrogen) atoms. The fourth-order valence-electron chi connectivity index (χ4n) is 3.25. The number of sulfonamides is 1. The summed E-state index contributed by atoms with van der Waals surface area (Å²) in [5.41, 5.74) is 0.842. The van der Waals surface area contributed by atoms with Crippen molar-refractivity contribution in [3.63, 3.8) is 0 Å². The Labute approximate surface area is 204 Å². The van der Waals surface area contributed by atoms with Gasteiger partial charge in [0.25, 0.3) is 15.9 Å². The Morgan fingerprint density at radius 1 is 0.941 bits per heavy atom. The molecule has 0 saturated carbocycles. The van der Waals surface area contributed by atoms with Crippen LogP contribution in [0.15, 0.2) is 83.8 Å². The molecule has 0 heterocycles. The van der Waals surface area contributed by atoms with Crippen molar-refractivity contribution >= 4 is 44.8 Å². The number of hydrogen-bond acceptors (Lipinski definition) is 4. The standard InChI is InChI=1S/C25H26ClN3O4S/c1-2-3-16-27-25(31)22-14-7-8-15-23(22)28-24(30)18-29(20-11-9-10-19(26)17-20)34(32,33)21-12-5-4-6-13-21/h4-15,17H,2-3,16,18H2,1H3,(H,27,31)(H,28,30). The largest absolute Gasteiger partial charge is 0.352 e. The molecule has 3 aromatic carbocycles. The Morgan fingerprint density at radius 3 is 2.35 bits per heavy atom. The third-order valence-electron chi connectivity index (χ3n) is 4.98. The molecular formula is C25H26ClN3O4S. The SMILES string of the molecule is CCCCNC(=O)c1ccccc1NC(=O)CN(c1cccc(Cl)c1)S(=O)(=O)c1ccccc1. The summed E-state index contributed by atoms with van der Waals surface area (Å²) in [5, 5.41) is 5.84. The van der Waals surface area contributed by atoms with E-state index in [1.54, 1.807) is 60.7 Å². The molecular weight excluding hydrogens is 474 g/mol. The molecule has 0 aliphatic rings. The van der Waals surface area contributed by atoms with Crippen molar-refractivity contribution in [1.29, 1.82) is 0 Å². The Hall–Kier alpha value is -3.36. The van der Waals surface area contributed by atoms with Gasteiger partial charge in [0.1, 0.15) is 6.54 Å². The first kappa shape index (κ1) is 25.3. The van der Waals surface area contributed by atoms with Gasteiger partial charge in [0.05, 0.1) is 21.8 Å². The van der Waals surface area contributed by atoms with Crippen LogP contribution in [0.4, 0.5) is 11.4 Å². The number of halogens is 1. The number of benzene rings is 3. The number of unbranched alkanes of at least 4 members (excludes halogenated alkanes) is 1. The smallest absolute Gasteiger partial charge is 0.264 e. The molecule has 0 saturated heterocycles. The summed E-state index contributed by atoms with van der Waals surface area (Å²) in [6.45, 7) is 2.04. The first-order chi connectivity index (χ1) is 16.3. The van der Waals surface area contributed by atoms with Gasteiger partial charge in [-0.1, -0.05) is 61.3 Å². The van der Waals surface area contributed by atoms with E-state index in [2.05, 4.69) is 10.6 Å². The van der Waals surface area contributed by atoms with Crippen molar-refractivity contribution < 1.29 is 18.0 Å². The van der Waals surface area contributed by atoms with E-state index < -0.39 is 22.5 Å². The molecule has 3 aromatic rings. The highest BCUT2D eigenvalue weighted by Gasteiger charge is 2.27. The van der Waals surface area contributed by atoms with Crippen LogP contribution in [-0.2, 0) is 14.8 Å². The second kappa shape index (κ2) is 11.7. The second-order valence-corrected chi connectivity index (χ2v) is 9.81. The summed E-state index contributed by atoms with van der Waals surface area (Å²) in [7, 11) is -4.07. The maximum atomic E-state index is 13.4. The summed E-state index contributed by atoms with van der Waals surface area (Å²) < 4.78 is 27.8. The molecule has 7 nitrogen and oxygen atoms in total. The van der Waals surface area contributed by atoms with Gasteiger partial charge in [-0.05, 0) is 48.9 Å². The molecule has 0 aliphatic carbocycles. The Morgan fingerprint density at radius 2 is 1.65 bits per heavy atom. The summed E-state index contributed by atoms with van der Waals surface area (Å²) >= 11 is 6.09. The molecule has 2 amide bonds. The van der Waals surface area contributed by atoms with Crippen molar-refractivity contribution in [3.8, 4) is 0 Å². The molecule has 0 atom stereocenters. The Balaban J connectivity index is 1.87. The van der Waals surface area contributed by atoms with Crippen LogP contribution in [0.1, 0.15) is 30.1 Å². The van der Waals surface area contributed by atoms with Crippen LogP contribution in [0.2, 0.25) is 5.02 Å². The number of amides is 2. The van der Waals surface area contributed by atoms with Crippen LogP contribution in [0, 0.1) is 0 Å². The van der Waals surface area contributed by atoms with Gasteiger partial charge in [0.2, 0.25) is 5.91 Å². The minimum absolute atomic E-state index is 0.0403. The first-order valence-electron chi connectivity index (χ1n) is 10.8. The maximum absolute atomic E-state index is 13.4. The van der Waals surface area contributed by atoms with Crippen LogP contribution in [0.25, 0.3) is 0 Å². The number of carbonyl (C=O) groups excluding carboxylic acids is 2. The molecule has 0 fully saturated rings. The number of nitrogens with one attached hydrogen (secondary N) is 2. The second-order valence-electron chi connectivity index (χ2n) is 7.51. The molecule has 0 spiro atoms. The van der Waals surface area contributed by atoms with E-state index in [1.807, 2.05) is 6.92 Å². The van der Waals surface area contributed by atoms with Crippen molar-refractivity contribution in [2.45, 2.75) is 24.7 Å². The lowest BCUT2D eigenvalue weighted by Crippen LogP contribution is -2.38. The Kier molecular flexibility index (Phi) is 8.67. The molecule has 0 aromatic heterocycles. The maximum Gasteiger partial charge on any atom is 0.264 e. The van der Waals surface area contributed by atoms with E-state index >= 15 is 0 Å². The highest BCUT2D eigenvalue weighted by molar-refractivity contribution is 7.92. The lowest BCUT2D eigenvalue weighted by atomic mass is 10.1. The summed E-state index contributed by atoms with van der Waals surface area (Å²) in [6, 6.07) is 20.7. The molecule has 0 bridgehead atoms. The summed E-state index contributed by atoms with van der Waals surface area (Å²) in [6.07, 6.45) is 1.78.